The van der Waals surface area contributed by atoms with E-state index in [2.05, 4.69) is 4.74 Å². The molecule has 0 rings (SSSR count). The molecule has 0 aliphatic rings. The van der Waals surface area contributed by atoms with Gasteiger partial charge in [0.1, 0.15) is 12.9 Å². The van der Waals surface area contributed by atoms with Gasteiger partial charge in [0.2, 0.25) is 0 Å². The molecule has 0 amide bonds. The van der Waals surface area contributed by atoms with Crippen LogP contribution in [-0.2, 0) is 4.74 Å². The van der Waals surface area contributed by atoms with Crippen LogP contribution in [0.4, 0.5) is 0 Å². The Hall–Kier alpha value is -0.700. The quantitative estimate of drug-likeness (QED) is 0.504. The third-order valence-electron chi connectivity index (χ3n) is 0.441. The number of methoxy groups -OCH3 is 1. The highest BCUT2D eigenvalue weighted by molar-refractivity contribution is 4.81. The summed E-state index contributed by atoms with van der Waals surface area (Å²) in [5.41, 5.74) is 0. The molecule has 0 aliphatic carbocycles. The Morgan fingerprint density at radius 1 is 1.86 bits per heavy atom. The highest BCUT2D eigenvalue weighted by Crippen LogP contribution is 1.82. The van der Waals surface area contributed by atoms with Crippen molar-refractivity contribution in [2.24, 2.45) is 0 Å². The van der Waals surface area contributed by atoms with Gasteiger partial charge in [0.05, 0.1) is 0 Å². The molecule has 7 heavy (non-hydrogen) atoms. The summed E-state index contributed by atoms with van der Waals surface area (Å²) >= 11 is 0. The molecular weight excluding hydrogens is 96.0 g/mol. The van der Waals surface area contributed by atoms with Gasteiger partial charge in [0, 0.05) is 7.11 Å². The van der Waals surface area contributed by atoms with Crippen LogP contribution in [0.3, 0.4) is 0 Å². The van der Waals surface area contributed by atoms with E-state index in [4.69, 9.17) is 10.2 Å². The number of hydrogen-bond acceptors (Lipinski definition) is 3. The molecule has 0 atom stereocenters. The Kier molecular flexibility index (Phi) is 3.14. The van der Waals surface area contributed by atoms with Gasteiger partial charge in [-0.15, -0.1) is 0 Å². The predicted molar refractivity (Wildman–Crippen MR) is 25.2 cm³/mol. The van der Waals surface area contributed by atoms with Crippen molar-refractivity contribution >= 4 is 0 Å². The first-order chi connectivity index (χ1) is 3.31. The van der Waals surface area contributed by atoms with Crippen LogP contribution in [0.1, 0.15) is 0 Å². The SMILES string of the molecule is COC/C(O)=C/O. The van der Waals surface area contributed by atoms with Gasteiger partial charge in [-0.05, 0) is 0 Å². The largest absolute Gasteiger partial charge is 0.512 e. The molecule has 2 N–H and O–H groups in total. The molecule has 0 saturated heterocycles. The molecular formula is C4H8O3. The van der Waals surface area contributed by atoms with Crippen LogP contribution in [0, 0.1) is 0 Å². The minimum absolute atomic E-state index is 0.0660. The highest BCUT2D eigenvalue weighted by Gasteiger charge is 1.85. The number of aliphatic hydroxyl groups excluding tert-OH is 2. The molecule has 0 bridgehead atoms. The minimum atomic E-state index is -0.164. The van der Waals surface area contributed by atoms with Crippen molar-refractivity contribution in [3.63, 3.8) is 0 Å². The van der Waals surface area contributed by atoms with Gasteiger partial charge in [-0.2, -0.15) is 0 Å². The van der Waals surface area contributed by atoms with Crippen LogP contribution in [0.15, 0.2) is 12.0 Å². The van der Waals surface area contributed by atoms with E-state index in [0.717, 1.165) is 0 Å². The van der Waals surface area contributed by atoms with Crippen LogP contribution in [0.25, 0.3) is 0 Å². The fraction of sp³-hybridized carbons (Fsp3) is 0.500. The molecule has 3 heteroatoms. The molecule has 0 heterocycles. The van der Waals surface area contributed by atoms with Crippen molar-refractivity contribution < 1.29 is 14.9 Å². The average Bonchev–Trinajstić information content (AvgIpc) is 1.68. The van der Waals surface area contributed by atoms with Crippen molar-refractivity contribution in [2.75, 3.05) is 13.7 Å². The molecule has 0 aromatic carbocycles. The van der Waals surface area contributed by atoms with Gasteiger partial charge < -0.3 is 14.9 Å². The molecule has 0 aliphatic heterocycles. The number of rotatable bonds is 2. The molecule has 0 unspecified atom stereocenters. The van der Waals surface area contributed by atoms with Crippen LogP contribution >= 0.6 is 0 Å². The first-order valence-corrected chi connectivity index (χ1v) is 1.82. The molecule has 0 radical (unpaired) electrons. The molecule has 0 fully saturated rings. The van der Waals surface area contributed by atoms with Crippen molar-refractivity contribution in [2.45, 2.75) is 0 Å². The summed E-state index contributed by atoms with van der Waals surface area (Å²) in [6.45, 7) is 0.0660. The van der Waals surface area contributed by atoms with E-state index in [-0.39, 0.29) is 12.4 Å². The van der Waals surface area contributed by atoms with Crippen molar-refractivity contribution in [3.8, 4) is 0 Å². The van der Waals surface area contributed by atoms with E-state index in [1.54, 1.807) is 0 Å². The fourth-order valence-electron chi connectivity index (χ4n) is 0.185. The van der Waals surface area contributed by atoms with E-state index in [1.165, 1.54) is 7.11 Å². The summed E-state index contributed by atoms with van der Waals surface area (Å²) in [4.78, 5) is 0. The lowest BCUT2D eigenvalue weighted by atomic mass is 10.6. The van der Waals surface area contributed by atoms with Crippen LogP contribution in [0.2, 0.25) is 0 Å². The van der Waals surface area contributed by atoms with Crippen LogP contribution in [0.5, 0.6) is 0 Å². The summed E-state index contributed by atoms with van der Waals surface area (Å²) in [5.74, 6) is -0.164. The summed E-state index contributed by atoms with van der Waals surface area (Å²) in [5, 5.41) is 16.3. The molecule has 0 saturated carbocycles. The molecule has 0 spiro atoms. The number of aliphatic hydroxyl groups is 2. The summed E-state index contributed by atoms with van der Waals surface area (Å²) in [6.07, 6.45) is 0.601. The minimum Gasteiger partial charge on any atom is -0.512 e. The lowest BCUT2D eigenvalue weighted by Crippen LogP contribution is -1.91. The maximum atomic E-state index is 8.34. The van der Waals surface area contributed by atoms with Crippen molar-refractivity contribution in [1.82, 2.24) is 0 Å². The van der Waals surface area contributed by atoms with Crippen LogP contribution < -0.4 is 0 Å². The third kappa shape index (κ3) is 3.12. The molecule has 42 valence electrons. The van der Waals surface area contributed by atoms with E-state index in [0.29, 0.717) is 6.26 Å². The first-order valence-electron chi connectivity index (χ1n) is 1.82. The Balaban J connectivity index is 3.17. The van der Waals surface area contributed by atoms with E-state index < -0.39 is 0 Å². The maximum Gasteiger partial charge on any atom is 0.152 e. The van der Waals surface area contributed by atoms with Gasteiger partial charge in [-0.3, -0.25) is 0 Å². The zero-order valence-electron chi connectivity index (χ0n) is 4.09. The Morgan fingerprint density at radius 3 is 2.57 bits per heavy atom. The van der Waals surface area contributed by atoms with E-state index >= 15 is 0 Å². The van der Waals surface area contributed by atoms with Crippen LogP contribution in [-0.4, -0.2) is 23.9 Å². The zero-order valence-corrected chi connectivity index (χ0v) is 4.09. The van der Waals surface area contributed by atoms with E-state index in [9.17, 15) is 0 Å². The predicted octanol–water partition coefficient (Wildman–Crippen LogP) is 0.590. The Bertz CT molecular complexity index is 67.3. The average molecular weight is 104 g/mol. The van der Waals surface area contributed by atoms with Crippen molar-refractivity contribution in [1.29, 1.82) is 0 Å². The van der Waals surface area contributed by atoms with Gasteiger partial charge >= 0.3 is 0 Å². The second-order valence-electron chi connectivity index (χ2n) is 1.05. The molecule has 3 nitrogen and oxygen atoms in total. The normalized spacial score (nSPS) is 11.9. The monoisotopic (exact) mass is 104 g/mol. The number of ether oxygens (including phenoxy) is 1. The first kappa shape index (κ1) is 6.30. The fourth-order valence-corrected chi connectivity index (χ4v) is 0.185. The van der Waals surface area contributed by atoms with Gasteiger partial charge in [0.25, 0.3) is 0 Å². The topological polar surface area (TPSA) is 49.7 Å². The second kappa shape index (κ2) is 3.49. The summed E-state index contributed by atoms with van der Waals surface area (Å²) in [6, 6.07) is 0. The standard InChI is InChI=1S/C4H8O3/c1-7-3-4(6)2-5/h2,5-6H,3H2,1H3/b4-2-. The summed E-state index contributed by atoms with van der Waals surface area (Å²) in [7, 11) is 1.43. The maximum absolute atomic E-state index is 8.34. The second-order valence-corrected chi connectivity index (χ2v) is 1.05. The third-order valence-corrected chi connectivity index (χ3v) is 0.441. The molecule has 0 aromatic heterocycles. The lowest BCUT2D eigenvalue weighted by molar-refractivity contribution is 0.176. The van der Waals surface area contributed by atoms with Gasteiger partial charge in [-0.25, -0.2) is 0 Å². The van der Waals surface area contributed by atoms with E-state index in [1.807, 2.05) is 0 Å². The Labute approximate surface area is 41.8 Å². The Morgan fingerprint density at radius 2 is 2.43 bits per heavy atom. The number of hydrogen-bond donors (Lipinski definition) is 2. The zero-order chi connectivity index (χ0) is 5.70. The molecule has 0 aromatic rings. The smallest absolute Gasteiger partial charge is 0.152 e. The van der Waals surface area contributed by atoms with Gasteiger partial charge in [-0.1, -0.05) is 0 Å². The van der Waals surface area contributed by atoms with Crippen molar-refractivity contribution in [3.05, 3.63) is 12.0 Å². The highest BCUT2D eigenvalue weighted by atomic mass is 16.5. The lowest BCUT2D eigenvalue weighted by Gasteiger charge is -1.91. The van der Waals surface area contributed by atoms with Gasteiger partial charge in [0.15, 0.2) is 5.76 Å². The summed E-state index contributed by atoms with van der Waals surface area (Å²) < 4.78 is 4.42.